The molecule has 0 saturated heterocycles. The second-order valence-electron chi connectivity index (χ2n) is 2.48. The predicted molar refractivity (Wildman–Crippen MR) is 45.0 cm³/mol. The van der Waals surface area contributed by atoms with Crippen molar-refractivity contribution in [2.75, 3.05) is 0 Å². The van der Waals surface area contributed by atoms with Gasteiger partial charge in [-0.3, -0.25) is 9.59 Å². The van der Waals surface area contributed by atoms with Gasteiger partial charge in [0, 0.05) is 0 Å². The molecule has 1 aliphatic heterocycles. The molecule has 0 bridgehead atoms. The van der Waals surface area contributed by atoms with E-state index in [9.17, 15) is 9.59 Å². The molecular formula is C9H4N2O2. The van der Waals surface area contributed by atoms with Gasteiger partial charge in [0.1, 0.15) is 6.01 Å². The molecule has 62 valence electrons. The molecule has 0 N–H and O–H groups in total. The fraction of sp³-hybridized carbons (Fsp3) is 0. The Morgan fingerprint density at radius 2 is 1.38 bits per heavy atom. The Labute approximate surface area is 73.6 Å². The molecule has 1 aromatic carbocycles. The van der Waals surface area contributed by atoms with Crippen molar-refractivity contribution in [3.8, 4) is 0 Å². The van der Waals surface area contributed by atoms with Gasteiger partial charge >= 0.3 is 0 Å². The first kappa shape index (κ1) is 7.58. The molecule has 0 saturated carbocycles. The summed E-state index contributed by atoms with van der Waals surface area (Å²) in [4.78, 5) is 29.1. The fourth-order valence-electron chi connectivity index (χ4n) is 1.09. The highest BCUT2D eigenvalue weighted by Gasteiger charge is 2.16. The number of amides is 2. The average Bonchev–Trinajstić information content (AvgIpc) is 2.29. The zero-order valence-electron chi connectivity index (χ0n) is 6.52. The summed E-state index contributed by atoms with van der Waals surface area (Å²) < 4.78 is 0. The van der Waals surface area contributed by atoms with Gasteiger partial charge in [-0.05, 0) is 12.1 Å². The zero-order chi connectivity index (χ0) is 9.26. The average molecular weight is 172 g/mol. The fourth-order valence-corrected chi connectivity index (χ4v) is 1.09. The highest BCUT2D eigenvalue weighted by molar-refractivity contribution is 6.12. The number of carbonyl (C=O) groups is 2. The first-order valence-electron chi connectivity index (χ1n) is 3.63. The number of fused-ring (bicyclic) bond motifs is 1. The van der Waals surface area contributed by atoms with Crippen LogP contribution in [0, 0.1) is 0 Å². The second-order valence-corrected chi connectivity index (χ2v) is 2.48. The van der Waals surface area contributed by atoms with Crippen LogP contribution in [0.25, 0.3) is 0 Å². The van der Waals surface area contributed by atoms with Gasteiger partial charge in [-0.1, -0.05) is 12.1 Å². The molecule has 1 aromatic rings. The molecule has 2 amide bonds. The third-order valence-corrected chi connectivity index (χ3v) is 1.69. The summed E-state index contributed by atoms with van der Waals surface area (Å²) in [5.74, 6) is -0.963. The van der Waals surface area contributed by atoms with Gasteiger partial charge in [-0.2, -0.15) is 0 Å². The summed E-state index contributed by atoms with van der Waals surface area (Å²) in [5, 5.41) is 0. The summed E-state index contributed by atoms with van der Waals surface area (Å²) in [6.07, 6.45) is 0. The van der Waals surface area contributed by atoms with E-state index >= 15 is 0 Å². The van der Waals surface area contributed by atoms with Crippen molar-refractivity contribution in [3.63, 3.8) is 0 Å². The third kappa shape index (κ3) is 1.19. The van der Waals surface area contributed by atoms with Gasteiger partial charge in [0.2, 0.25) is 0 Å². The summed E-state index contributed by atoms with van der Waals surface area (Å²) in [6.45, 7) is 0. The molecule has 0 aromatic heterocycles. The molecule has 13 heavy (non-hydrogen) atoms. The maximum atomic E-state index is 11.2. The number of nitrogens with zero attached hydrogens (tertiary/aromatic N) is 2. The summed E-state index contributed by atoms with van der Waals surface area (Å²) in [6, 6.07) is 8.47. The van der Waals surface area contributed by atoms with Gasteiger partial charge in [-0.25, -0.2) is 0 Å². The predicted octanol–water partition coefficient (Wildman–Crippen LogP) is 1.15. The smallest absolute Gasteiger partial charge is 0.266 e. The van der Waals surface area contributed by atoms with E-state index in [0.717, 1.165) is 0 Å². The number of benzene rings is 1. The van der Waals surface area contributed by atoms with Crippen LogP contribution < -0.4 is 0 Å². The molecule has 0 aliphatic carbocycles. The first-order valence-corrected chi connectivity index (χ1v) is 3.63. The molecule has 4 heteroatoms. The SMILES string of the molecule is O=C1N=C=NC(=O)c2ccccc21. The lowest BCUT2D eigenvalue weighted by Crippen LogP contribution is -2.02. The molecule has 0 radical (unpaired) electrons. The number of aliphatic imine (C=N–C) groups is 2. The Morgan fingerprint density at radius 3 is 1.85 bits per heavy atom. The summed E-state index contributed by atoms with van der Waals surface area (Å²) >= 11 is 0. The lowest BCUT2D eigenvalue weighted by Gasteiger charge is -1.97. The Balaban J connectivity index is 2.72. The minimum atomic E-state index is -0.481. The van der Waals surface area contributed by atoms with Crippen molar-refractivity contribution in [3.05, 3.63) is 35.4 Å². The van der Waals surface area contributed by atoms with Crippen molar-refractivity contribution in [2.45, 2.75) is 0 Å². The Morgan fingerprint density at radius 1 is 0.923 bits per heavy atom. The van der Waals surface area contributed by atoms with Crippen LogP contribution in [0.15, 0.2) is 34.3 Å². The van der Waals surface area contributed by atoms with Crippen molar-refractivity contribution < 1.29 is 9.59 Å². The van der Waals surface area contributed by atoms with Crippen LogP contribution in [0.5, 0.6) is 0 Å². The van der Waals surface area contributed by atoms with Crippen molar-refractivity contribution in [1.82, 2.24) is 0 Å². The summed E-state index contributed by atoms with van der Waals surface area (Å²) in [7, 11) is 0. The standard InChI is InChI=1S/C9H4N2O2/c12-8-6-3-1-2-4-7(6)9(13)11-5-10-8/h1-4H. The normalized spacial score (nSPS) is 14.2. The van der Waals surface area contributed by atoms with E-state index in [2.05, 4.69) is 9.98 Å². The lowest BCUT2D eigenvalue weighted by molar-refractivity contribution is 0.0977. The Bertz CT molecular complexity index is 417. The molecule has 2 rings (SSSR count). The van der Waals surface area contributed by atoms with Crippen LogP contribution >= 0.6 is 0 Å². The van der Waals surface area contributed by atoms with Crippen LogP contribution in [0.2, 0.25) is 0 Å². The van der Waals surface area contributed by atoms with Gasteiger partial charge in [0.25, 0.3) is 11.8 Å². The van der Waals surface area contributed by atoms with Crippen LogP contribution in [0.3, 0.4) is 0 Å². The molecule has 1 heterocycles. The Kier molecular flexibility index (Phi) is 1.61. The third-order valence-electron chi connectivity index (χ3n) is 1.69. The van der Waals surface area contributed by atoms with Crippen LogP contribution in [0.1, 0.15) is 20.7 Å². The van der Waals surface area contributed by atoms with E-state index in [4.69, 9.17) is 0 Å². The van der Waals surface area contributed by atoms with E-state index < -0.39 is 11.8 Å². The van der Waals surface area contributed by atoms with E-state index in [0.29, 0.717) is 0 Å². The topological polar surface area (TPSA) is 58.9 Å². The largest absolute Gasteiger partial charge is 0.287 e. The maximum absolute atomic E-state index is 11.2. The zero-order valence-corrected chi connectivity index (χ0v) is 6.52. The molecular weight excluding hydrogens is 168 g/mol. The number of rotatable bonds is 0. The van der Waals surface area contributed by atoms with Crippen LogP contribution in [0.4, 0.5) is 0 Å². The number of hydrogen-bond donors (Lipinski definition) is 0. The maximum Gasteiger partial charge on any atom is 0.287 e. The second kappa shape index (κ2) is 2.77. The van der Waals surface area contributed by atoms with Gasteiger partial charge in [-0.15, -0.1) is 9.98 Å². The monoisotopic (exact) mass is 172 g/mol. The Hall–Kier alpha value is -2.06. The van der Waals surface area contributed by atoms with Crippen LogP contribution in [-0.2, 0) is 0 Å². The van der Waals surface area contributed by atoms with E-state index in [-0.39, 0.29) is 11.1 Å². The van der Waals surface area contributed by atoms with E-state index in [1.54, 1.807) is 24.3 Å². The quantitative estimate of drug-likeness (QED) is 0.589. The highest BCUT2D eigenvalue weighted by Crippen LogP contribution is 2.12. The lowest BCUT2D eigenvalue weighted by atomic mass is 10.1. The summed E-state index contributed by atoms with van der Waals surface area (Å²) in [5.41, 5.74) is 0.558. The van der Waals surface area contributed by atoms with Gasteiger partial charge in [0.05, 0.1) is 11.1 Å². The molecule has 4 nitrogen and oxygen atoms in total. The first-order chi connectivity index (χ1) is 6.29. The molecule has 0 unspecified atom stereocenters. The molecule has 0 atom stereocenters. The molecule has 1 aliphatic rings. The van der Waals surface area contributed by atoms with Gasteiger partial charge < -0.3 is 0 Å². The van der Waals surface area contributed by atoms with Crippen LogP contribution in [-0.4, -0.2) is 17.8 Å². The van der Waals surface area contributed by atoms with Crippen molar-refractivity contribution in [1.29, 1.82) is 0 Å². The molecule has 0 spiro atoms. The van der Waals surface area contributed by atoms with E-state index in [1.807, 2.05) is 6.01 Å². The number of carbonyl (C=O) groups excluding carboxylic acids is 2. The van der Waals surface area contributed by atoms with Crippen molar-refractivity contribution >= 4 is 17.8 Å². The minimum absolute atomic E-state index is 0.279. The van der Waals surface area contributed by atoms with E-state index in [1.165, 1.54) is 0 Å². The highest BCUT2D eigenvalue weighted by atomic mass is 16.2. The van der Waals surface area contributed by atoms with Gasteiger partial charge in [0.15, 0.2) is 0 Å². The molecule has 0 fully saturated rings. The van der Waals surface area contributed by atoms with Crippen molar-refractivity contribution in [2.24, 2.45) is 9.98 Å². The number of hydrogen-bond acceptors (Lipinski definition) is 2. The minimum Gasteiger partial charge on any atom is -0.266 e.